The van der Waals surface area contributed by atoms with Crippen LogP contribution < -0.4 is 10.1 Å². The van der Waals surface area contributed by atoms with E-state index >= 15 is 4.39 Å². The molecule has 0 aliphatic carbocycles. The number of halogens is 2. The number of carbonyl (C=O) groups is 1. The number of nitrogens with one attached hydrogen (secondary N) is 1. The molecule has 36 heavy (non-hydrogen) atoms. The third kappa shape index (κ3) is 4.81. The molecule has 0 radical (unpaired) electrons. The highest BCUT2D eigenvalue weighted by Gasteiger charge is 2.33. The van der Waals surface area contributed by atoms with Crippen LogP contribution in [0.15, 0.2) is 78.9 Å². The number of carboxylic acid groups (broad SMARTS) is 1. The topological polar surface area (TPSA) is 58.6 Å². The van der Waals surface area contributed by atoms with Gasteiger partial charge in [0, 0.05) is 24.1 Å². The molecule has 1 aliphatic rings. The van der Waals surface area contributed by atoms with Crippen molar-refractivity contribution >= 4 is 29.1 Å². The number of carboxylic acids is 1. The van der Waals surface area contributed by atoms with Gasteiger partial charge in [-0.2, -0.15) is 0 Å². The minimum atomic E-state index is -1.05. The highest BCUT2D eigenvalue weighted by molar-refractivity contribution is 5.90. The molecule has 0 bridgehead atoms. The molecule has 6 heteroatoms. The Bertz CT molecular complexity index is 1400. The van der Waals surface area contributed by atoms with Gasteiger partial charge in [-0.15, -0.1) is 12.4 Å². The van der Waals surface area contributed by atoms with Gasteiger partial charge in [-0.1, -0.05) is 60.7 Å². The van der Waals surface area contributed by atoms with Gasteiger partial charge in [0.15, 0.2) is 0 Å². The summed E-state index contributed by atoms with van der Waals surface area (Å²) in [4.78, 5) is 11.7. The van der Waals surface area contributed by atoms with Gasteiger partial charge in [0.2, 0.25) is 0 Å². The van der Waals surface area contributed by atoms with E-state index in [-0.39, 0.29) is 41.9 Å². The van der Waals surface area contributed by atoms with E-state index in [2.05, 4.69) is 42.6 Å². The fourth-order valence-corrected chi connectivity index (χ4v) is 5.29. The number of para-hydroxylation sites is 1. The van der Waals surface area contributed by atoms with Crippen molar-refractivity contribution in [3.05, 3.63) is 112 Å². The number of rotatable bonds is 6. The molecule has 186 valence electrons. The van der Waals surface area contributed by atoms with Gasteiger partial charge in [0.25, 0.3) is 0 Å². The van der Waals surface area contributed by atoms with E-state index in [1.54, 1.807) is 6.92 Å². The van der Waals surface area contributed by atoms with Gasteiger partial charge in [-0.05, 0) is 65.9 Å². The maximum Gasteiger partial charge on any atom is 0.335 e. The Morgan fingerprint density at radius 1 is 1.06 bits per heavy atom. The Balaban J connectivity index is 0.00000304. The maximum absolute atomic E-state index is 15.1. The lowest BCUT2D eigenvalue weighted by Crippen LogP contribution is -2.37. The van der Waals surface area contributed by atoms with E-state index in [9.17, 15) is 9.90 Å². The molecule has 5 rings (SSSR count). The van der Waals surface area contributed by atoms with E-state index in [1.165, 1.54) is 28.5 Å². The first-order valence-electron chi connectivity index (χ1n) is 11.9. The summed E-state index contributed by atoms with van der Waals surface area (Å²) in [5.41, 5.74) is 3.13. The number of aromatic carboxylic acids is 1. The Morgan fingerprint density at radius 3 is 2.58 bits per heavy atom. The Kier molecular flexibility index (Phi) is 7.62. The summed E-state index contributed by atoms with van der Waals surface area (Å²) < 4.78 is 21.4. The quantitative estimate of drug-likeness (QED) is 0.295. The lowest BCUT2D eigenvalue weighted by Gasteiger charge is -2.34. The van der Waals surface area contributed by atoms with Crippen molar-refractivity contribution in [2.75, 3.05) is 6.54 Å². The van der Waals surface area contributed by atoms with Crippen molar-refractivity contribution < 1.29 is 19.0 Å². The van der Waals surface area contributed by atoms with Gasteiger partial charge >= 0.3 is 5.97 Å². The van der Waals surface area contributed by atoms with Crippen molar-refractivity contribution in [3.8, 4) is 5.75 Å². The molecule has 0 saturated heterocycles. The summed E-state index contributed by atoms with van der Waals surface area (Å²) in [7, 11) is 0. The van der Waals surface area contributed by atoms with Gasteiger partial charge < -0.3 is 15.2 Å². The highest BCUT2D eigenvalue weighted by atomic mass is 35.5. The zero-order chi connectivity index (χ0) is 24.5. The van der Waals surface area contributed by atoms with E-state index in [0.29, 0.717) is 29.8 Å². The summed E-state index contributed by atoms with van der Waals surface area (Å²) in [6.45, 7) is 4.40. The number of ether oxygens (including phenoxy) is 1. The monoisotopic (exact) mass is 505 g/mol. The molecule has 0 aromatic heterocycles. The van der Waals surface area contributed by atoms with E-state index < -0.39 is 5.97 Å². The molecule has 4 aromatic carbocycles. The van der Waals surface area contributed by atoms with E-state index in [4.69, 9.17) is 4.74 Å². The average Bonchev–Trinajstić information content (AvgIpc) is 2.86. The fraction of sp³-hybridized carbons (Fsp3) is 0.233. The lowest BCUT2D eigenvalue weighted by molar-refractivity contribution is 0.0696. The summed E-state index contributed by atoms with van der Waals surface area (Å²) in [5.74, 6) is -1.01. The summed E-state index contributed by atoms with van der Waals surface area (Å²) in [5, 5.41) is 15.6. The van der Waals surface area contributed by atoms with Crippen molar-refractivity contribution in [1.82, 2.24) is 5.32 Å². The summed E-state index contributed by atoms with van der Waals surface area (Å²) in [6.07, 6.45) is 0.354. The van der Waals surface area contributed by atoms with E-state index in [1.807, 2.05) is 36.4 Å². The zero-order valence-electron chi connectivity index (χ0n) is 20.2. The smallest absolute Gasteiger partial charge is 0.335 e. The normalized spacial score (nSPS) is 17.5. The number of benzene rings is 4. The standard InChI is InChI=1S/C30H28FNO3.ClH/c1-18-22(30(33)34)14-15-27(31)29(18)26-16-21(35-28-13-6-5-11-25(26)28)17-32-19(2)23-12-7-9-20-8-3-4-10-24(20)23;/h3-15,19,21,26,32H,16-17H2,1-2H3,(H,33,34);1H/t19-,21-,26+;/m1./s1. The van der Waals surface area contributed by atoms with Crippen LogP contribution in [-0.2, 0) is 0 Å². The molecular formula is C30H29ClFNO3. The van der Waals surface area contributed by atoms with Crippen LogP contribution in [0, 0.1) is 12.7 Å². The van der Waals surface area contributed by atoms with Crippen molar-refractivity contribution in [2.24, 2.45) is 0 Å². The van der Waals surface area contributed by atoms with Crippen LogP contribution in [0.1, 0.15) is 57.9 Å². The third-order valence-electron chi connectivity index (χ3n) is 7.07. The molecule has 0 fully saturated rings. The fourth-order valence-electron chi connectivity index (χ4n) is 5.29. The van der Waals surface area contributed by atoms with Crippen LogP contribution in [0.4, 0.5) is 4.39 Å². The second-order valence-electron chi connectivity index (χ2n) is 9.20. The predicted octanol–water partition coefficient (Wildman–Crippen LogP) is 7.04. The van der Waals surface area contributed by atoms with E-state index in [0.717, 1.165) is 5.56 Å². The molecule has 0 unspecified atom stereocenters. The molecule has 1 heterocycles. The van der Waals surface area contributed by atoms with Crippen LogP contribution in [0.2, 0.25) is 0 Å². The first-order chi connectivity index (χ1) is 16.9. The average molecular weight is 506 g/mol. The zero-order valence-corrected chi connectivity index (χ0v) is 21.0. The predicted molar refractivity (Wildman–Crippen MR) is 143 cm³/mol. The minimum Gasteiger partial charge on any atom is -0.489 e. The molecule has 1 aliphatic heterocycles. The Labute approximate surface area is 216 Å². The molecule has 0 amide bonds. The molecule has 4 nitrogen and oxygen atoms in total. The van der Waals surface area contributed by atoms with Crippen LogP contribution in [0.5, 0.6) is 5.75 Å². The number of hydrogen-bond acceptors (Lipinski definition) is 3. The Hall–Kier alpha value is -3.41. The first-order valence-corrected chi connectivity index (χ1v) is 11.9. The summed E-state index contributed by atoms with van der Waals surface area (Å²) in [6, 6.07) is 25.0. The molecular weight excluding hydrogens is 477 g/mol. The molecule has 0 saturated carbocycles. The minimum absolute atomic E-state index is 0. The van der Waals surface area contributed by atoms with Crippen molar-refractivity contribution in [2.45, 2.75) is 38.3 Å². The van der Waals surface area contributed by atoms with Crippen LogP contribution >= 0.6 is 12.4 Å². The van der Waals surface area contributed by atoms with Crippen molar-refractivity contribution in [1.29, 1.82) is 0 Å². The number of hydrogen-bond donors (Lipinski definition) is 2. The van der Waals surface area contributed by atoms with Gasteiger partial charge in [0.05, 0.1) is 5.56 Å². The SMILES string of the molecule is Cc1c(C(=O)O)ccc(F)c1[C@H]1C[C@H](CN[C@H](C)c2cccc3ccccc23)Oc2ccccc21.Cl. The third-order valence-corrected chi connectivity index (χ3v) is 7.07. The van der Waals surface area contributed by atoms with Crippen LogP contribution in [0.3, 0.4) is 0 Å². The largest absolute Gasteiger partial charge is 0.489 e. The van der Waals surface area contributed by atoms with Gasteiger partial charge in [-0.3, -0.25) is 0 Å². The van der Waals surface area contributed by atoms with Crippen molar-refractivity contribution in [3.63, 3.8) is 0 Å². The second-order valence-corrected chi connectivity index (χ2v) is 9.20. The summed E-state index contributed by atoms with van der Waals surface area (Å²) >= 11 is 0. The number of fused-ring (bicyclic) bond motifs is 2. The molecule has 3 atom stereocenters. The second kappa shape index (κ2) is 10.7. The van der Waals surface area contributed by atoms with Gasteiger partial charge in [-0.25, -0.2) is 9.18 Å². The van der Waals surface area contributed by atoms with Gasteiger partial charge in [0.1, 0.15) is 17.7 Å². The highest BCUT2D eigenvalue weighted by Crippen LogP contribution is 2.43. The molecule has 4 aromatic rings. The van der Waals surface area contributed by atoms with Crippen LogP contribution in [0.25, 0.3) is 10.8 Å². The van der Waals surface area contributed by atoms with Crippen LogP contribution in [-0.4, -0.2) is 23.7 Å². The Morgan fingerprint density at radius 2 is 1.78 bits per heavy atom. The maximum atomic E-state index is 15.1. The lowest BCUT2D eigenvalue weighted by atomic mass is 9.81. The molecule has 0 spiro atoms. The molecule has 2 N–H and O–H groups in total. The first kappa shape index (κ1) is 25.7.